The lowest BCUT2D eigenvalue weighted by molar-refractivity contribution is -0.134. The molecule has 0 radical (unpaired) electrons. The van der Waals surface area contributed by atoms with Gasteiger partial charge in [0.15, 0.2) is 0 Å². The van der Waals surface area contributed by atoms with Crippen molar-refractivity contribution in [3.8, 4) is 0 Å². The van der Waals surface area contributed by atoms with Crippen molar-refractivity contribution in [1.29, 1.82) is 0 Å². The number of fused-ring (bicyclic) bond motifs is 2. The highest BCUT2D eigenvalue weighted by molar-refractivity contribution is 5.93. The Hall–Kier alpha value is -5.94. The van der Waals surface area contributed by atoms with Gasteiger partial charge in [-0.25, -0.2) is 4.98 Å². The molecule has 6 rings (SSSR count). The van der Waals surface area contributed by atoms with E-state index in [9.17, 15) is 4.79 Å². The Bertz CT molecular complexity index is 2180. The SMILES string of the molecule is C=C/C=C(\C=C)C(=C)/C=C\C(=C)CN(C)/C(=C\CCC)C(=O)N1CCCC2CCCCC21.C=C/C=C(\C=C)C1=C(c2cccc(C(=C)N3CCCc4ccccc43)n2)CCC=C1.CC. The van der Waals surface area contributed by atoms with Gasteiger partial charge in [-0.15, -0.1) is 0 Å². The number of hydrogen-bond acceptors (Lipinski definition) is 4. The summed E-state index contributed by atoms with van der Waals surface area (Å²) in [5, 5.41) is 0. The lowest BCUT2D eigenvalue weighted by Gasteiger charge is -2.45. The number of anilines is 1. The quantitative estimate of drug-likeness (QED) is 0.117. The largest absolute Gasteiger partial charge is 0.366 e. The maximum absolute atomic E-state index is 13.7. The van der Waals surface area contributed by atoms with Crippen molar-refractivity contribution < 1.29 is 4.79 Å². The van der Waals surface area contributed by atoms with Crippen molar-refractivity contribution in [2.45, 2.75) is 104 Å². The van der Waals surface area contributed by atoms with Crippen LogP contribution in [0.25, 0.3) is 11.3 Å². The molecule has 2 fully saturated rings. The number of likely N-dealkylation sites (tertiary alicyclic amines) is 1. The summed E-state index contributed by atoms with van der Waals surface area (Å²) in [6.07, 6.45) is 35.1. The fraction of sp³-hybridized carbons (Fsp3) is 0.356. The van der Waals surface area contributed by atoms with Crippen LogP contribution in [-0.4, -0.2) is 53.4 Å². The molecule has 5 heteroatoms. The molecule has 2 atom stereocenters. The van der Waals surface area contributed by atoms with Crippen LogP contribution in [0.15, 0.2) is 189 Å². The van der Waals surface area contributed by atoms with Gasteiger partial charge in [-0.05, 0) is 121 Å². The van der Waals surface area contributed by atoms with Gasteiger partial charge in [0.1, 0.15) is 0 Å². The van der Waals surface area contributed by atoms with Crippen molar-refractivity contribution in [2.24, 2.45) is 5.92 Å². The van der Waals surface area contributed by atoms with Crippen molar-refractivity contribution in [1.82, 2.24) is 14.8 Å². The van der Waals surface area contributed by atoms with E-state index in [1.807, 2.05) is 57.4 Å². The van der Waals surface area contributed by atoms with E-state index in [-0.39, 0.29) is 5.91 Å². The highest BCUT2D eigenvalue weighted by atomic mass is 16.2. The molecule has 3 heterocycles. The van der Waals surface area contributed by atoms with Crippen molar-refractivity contribution >= 4 is 22.9 Å². The Morgan fingerprint density at radius 1 is 0.859 bits per heavy atom. The molecule has 4 aliphatic rings. The van der Waals surface area contributed by atoms with Crippen molar-refractivity contribution in [3.63, 3.8) is 0 Å². The van der Waals surface area contributed by atoms with Crippen LogP contribution in [0.5, 0.6) is 0 Å². The van der Waals surface area contributed by atoms with Crippen LogP contribution in [0, 0.1) is 5.92 Å². The second-order valence-corrected chi connectivity index (χ2v) is 16.7. The molecule has 0 bridgehead atoms. The van der Waals surface area contributed by atoms with Crippen LogP contribution in [0.2, 0.25) is 0 Å². The topological polar surface area (TPSA) is 39.7 Å². The van der Waals surface area contributed by atoms with E-state index < -0.39 is 0 Å². The summed E-state index contributed by atoms with van der Waals surface area (Å²) in [5.74, 6) is 0.882. The minimum atomic E-state index is 0.196. The first kappa shape index (κ1) is 50.7. The van der Waals surface area contributed by atoms with Crippen LogP contribution in [0.3, 0.4) is 0 Å². The van der Waals surface area contributed by atoms with Gasteiger partial charge in [-0.1, -0.05) is 177 Å². The first-order valence-corrected chi connectivity index (χ1v) is 23.7. The van der Waals surface area contributed by atoms with Gasteiger partial charge in [-0.2, -0.15) is 0 Å². The number of hydrogen-bond donors (Lipinski definition) is 0. The second kappa shape index (κ2) is 26.6. The van der Waals surface area contributed by atoms with Gasteiger partial charge in [0.2, 0.25) is 0 Å². The second-order valence-electron chi connectivity index (χ2n) is 16.7. The Balaban J connectivity index is 0.000000270. The van der Waals surface area contributed by atoms with Crippen LogP contribution < -0.4 is 4.90 Å². The van der Waals surface area contributed by atoms with Gasteiger partial charge in [0, 0.05) is 38.4 Å². The van der Waals surface area contributed by atoms with Crippen LogP contribution in [0.1, 0.15) is 108 Å². The molecule has 1 aromatic heterocycles. The zero-order valence-corrected chi connectivity index (χ0v) is 39.8. The number of pyridine rings is 1. The maximum Gasteiger partial charge on any atom is 0.270 e. The van der Waals surface area contributed by atoms with Gasteiger partial charge in [0.25, 0.3) is 5.91 Å². The predicted octanol–water partition coefficient (Wildman–Crippen LogP) is 14.7. The Kier molecular flexibility index (Phi) is 21.1. The number of benzene rings is 1. The third kappa shape index (κ3) is 13.5. The molecular weight excluding hydrogens is 781 g/mol. The number of allylic oxidation sites excluding steroid dienone is 15. The number of aromatic nitrogens is 1. The fourth-order valence-electron chi connectivity index (χ4n) is 9.21. The smallest absolute Gasteiger partial charge is 0.270 e. The van der Waals surface area contributed by atoms with Crippen LogP contribution >= 0.6 is 0 Å². The number of carbonyl (C=O) groups excluding carboxylic acids is 1. The molecule has 1 saturated carbocycles. The summed E-state index contributed by atoms with van der Waals surface area (Å²) >= 11 is 0. The molecule has 2 aliphatic carbocycles. The lowest BCUT2D eigenvalue weighted by Crippen LogP contribution is -2.51. The van der Waals surface area contributed by atoms with Gasteiger partial charge in [-0.3, -0.25) is 4.79 Å². The average molecular weight is 857 g/mol. The first-order valence-electron chi connectivity index (χ1n) is 23.7. The molecule has 5 nitrogen and oxygen atoms in total. The molecule has 2 unspecified atom stereocenters. The van der Waals surface area contributed by atoms with E-state index in [0.717, 1.165) is 110 Å². The minimum Gasteiger partial charge on any atom is -0.366 e. The number of amides is 1. The molecular formula is C59H76N4O. The number of aryl methyl sites for hydroxylation is 1. The Morgan fingerprint density at radius 3 is 2.34 bits per heavy atom. The van der Waals surface area contributed by atoms with E-state index in [4.69, 9.17) is 4.98 Å². The summed E-state index contributed by atoms with van der Waals surface area (Å²) < 4.78 is 0. The molecule has 2 aliphatic heterocycles. The molecule has 1 aromatic carbocycles. The molecule has 64 heavy (non-hydrogen) atoms. The van der Waals surface area contributed by atoms with Gasteiger partial charge < -0.3 is 14.7 Å². The Labute approximate surface area is 388 Å². The average Bonchev–Trinajstić information content (AvgIpc) is 3.34. The lowest BCUT2D eigenvalue weighted by atomic mass is 9.78. The summed E-state index contributed by atoms with van der Waals surface area (Å²) in [7, 11) is 2.00. The van der Waals surface area contributed by atoms with Crippen molar-refractivity contribution in [3.05, 3.63) is 206 Å². The first-order chi connectivity index (χ1) is 31.1. The molecule has 338 valence electrons. The van der Waals surface area contributed by atoms with E-state index in [1.165, 1.54) is 48.1 Å². The van der Waals surface area contributed by atoms with Gasteiger partial charge in [0.05, 0.1) is 22.8 Å². The highest BCUT2D eigenvalue weighted by Crippen LogP contribution is 2.37. The number of unbranched alkanes of at least 4 members (excludes halogenated alkanes) is 1. The number of nitrogens with zero attached hydrogens (tertiary/aromatic N) is 4. The summed E-state index contributed by atoms with van der Waals surface area (Å²) in [6.45, 7) is 36.7. The van der Waals surface area contributed by atoms with E-state index in [0.29, 0.717) is 18.5 Å². The van der Waals surface area contributed by atoms with Crippen LogP contribution in [-0.2, 0) is 11.2 Å². The summed E-state index contributed by atoms with van der Waals surface area (Å²) in [4.78, 5) is 25.3. The highest BCUT2D eigenvalue weighted by Gasteiger charge is 2.37. The maximum atomic E-state index is 13.7. The Morgan fingerprint density at radius 2 is 1.61 bits per heavy atom. The van der Waals surface area contributed by atoms with E-state index >= 15 is 0 Å². The predicted molar refractivity (Wildman–Crippen MR) is 279 cm³/mol. The standard InChI is InChI=1S/C29H42N2O.C28H28N2.C2H6/c1-7-10-17-28(29(32)31-21-13-16-26-15-11-12-18-27(26)31)30(6)22-23(4)19-20-24(5)25(9-3)14-8-2;1-4-12-22(5-2)24-15-7-8-16-25(24)27-18-10-17-26(29-27)21(3)30-20-11-14-23-13-6-9-19-28(23)30;1-2/h8-9,14,17,19-20,26-27H,2-5,7,10-13,15-16,18,21-22H2,1,6H3;4-7,9-10,12-13,15,17-19H,1-3,8,11,14,16,20H2;1-2H3/b20-19-,25-14+,28-17-;22-12+;. The molecule has 2 aromatic rings. The minimum absolute atomic E-state index is 0.196. The summed E-state index contributed by atoms with van der Waals surface area (Å²) in [6, 6.07) is 15.3. The molecule has 0 spiro atoms. The molecule has 1 amide bonds. The van der Waals surface area contributed by atoms with Crippen molar-refractivity contribution in [2.75, 3.05) is 31.6 Å². The zero-order chi connectivity index (χ0) is 46.4. The fourth-order valence-corrected chi connectivity index (χ4v) is 9.21. The number of piperidine rings is 1. The van der Waals surface area contributed by atoms with Crippen LogP contribution in [0.4, 0.5) is 5.69 Å². The number of likely N-dealkylation sites (N-methyl/N-ethyl adjacent to an activating group) is 1. The number of carbonyl (C=O) groups is 1. The molecule has 0 N–H and O–H groups in total. The third-order valence-electron chi connectivity index (χ3n) is 12.4. The number of para-hydroxylation sites is 1. The summed E-state index contributed by atoms with van der Waals surface area (Å²) in [5.41, 5.74) is 12.6. The third-order valence-corrected chi connectivity index (χ3v) is 12.4. The van der Waals surface area contributed by atoms with E-state index in [1.54, 1.807) is 12.2 Å². The zero-order valence-electron chi connectivity index (χ0n) is 39.8. The molecule has 1 saturated heterocycles. The van der Waals surface area contributed by atoms with Gasteiger partial charge >= 0.3 is 0 Å². The van der Waals surface area contributed by atoms with E-state index in [2.05, 4.69) is 128 Å². The normalized spacial score (nSPS) is 18.6. The monoisotopic (exact) mass is 857 g/mol. The number of rotatable bonds is 17.